The molecule has 6 heteroatoms. The highest BCUT2D eigenvalue weighted by Crippen LogP contribution is 2.22. The molecule has 1 aliphatic heterocycles. The lowest BCUT2D eigenvalue weighted by molar-refractivity contribution is -0.115. The van der Waals surface area contributed by atoms with Crippen molar-refractivity contribution in [1.82, 2.24) is 10.2 Å². The standard InChI is InChI=1S/C15H21N3O2.ClH/c1-11-12(15(20)18-8-3-4-9-18)6-5-7-13(11)17-14(19)10-16-2;/h5-7,16H,3-4,8-10H2,1-2H3,(H,17,19);1H. The summed E-state index contributed by atoms with van der Waals surface area (Å²) in [6.07, 6.45) is 2.15. The van der Waals surface area contributed by atoms with Gasteiger partial charge >= 0.3 is 0 Å². The number of nitrogens with zero attached hydrogens (tertiary/aromatic N) is 1. The van der Waals surface area contributed by atoms with Crippen LogP contribution in [-0.4, -0.2) is 43.4 Å². The Hall–Kier alpha value is -1.59. The monoisotopic (exact) mass is 311 g/mol. The summed E-state index contributed by atoms with van der Waals surface area (Å²) in [5, 5.41) is 5.63. The van der Waals surface area contributed by atoms with Crippen molar-refractivity contribution in [1.29, 1.82) is 0 Å². The molecule has 21 heavy (non-hydrogen) atoms. The number of nitrogens with one attached hydrogen (secondary N) is 2. The Morgan fingerprint density at radius 1 is 1.24 bits per heavy atom. The van der Waals surface area contributed by atoms with E-state index in [-0.39, 0.29) is 30.8 Å². The number of likely N-dealkylation sites (N-methyl/N-ethyl adjacent to an activating group) is 1. The number of benzene rings is 1. The molecular formula is C15H22ClN3O2. The van der Waals surface area contributed by atoms with Crippen LogP contribution in [0.1, 0.15) is 28.8 Å². The summed E-state index contributed by atoms with van der Waals surface area (Å²) in [5.74, 6) is -0.0499. The van der Waals surface area contributed by atoms with Gasteiger partial charge in [0, 0.05) is 24.3 Å². The van der Waals surface area contributed by atoms with Crippen LogP contribution in [0, 0.1) is 6.92 Å². The lowest BCUT2D eigenvalue weighted by Crippen LogP contribution is -2.29. The minimum Gasteiger partial charge on any atom is -0.339 e. The van der Waals surface area contributed by atoms with Gasteiger partial charge in [-0.2, -0.15) is 0 Å². The van der Waals surface area contributed by atoms with Crippen LogP contribution >= 0.6 is 12.4 Å². The van der Waals surface area contributed by atoms with Gasteiger partial charge in [-0.3, -0.25) is 9.59 Å². The molecule has 1 fully saturated rings. The lowest BCUT2D eigenvalue weighted by atomic mass is 10.1. The van der Waals surface area contributed by atoms with E-state index < -0.39 is 0 Å². The molecule has 0 bridgehead atoms. The van der Waals surface area contributed by atoms with E-state index in [9.17, 15) is 9.59 Å². The molecule has 0 saturated carbocycles. The molecule has 1 heterocycles. The average molecular weight is 312 g/mol. The van der Waals surface area contributed by atoms with Crippen molar-refractivity contribution in [2.75, 3.05) is 32.0 Å². The van der Waals surface area contributed by atoms with Crippen molar-refractivity contribution in [2.45, 2.75) is 19.8 Å². The van der Waals surface area contributed by atoms with Crippen LogP contribution in [0.15, 0.2) is 18.2 Å². The van der Waals surface area contributed by atoms with Crippen molar-refractivity contribution in [3.63, 3.8) is 0 Å². The van der Waals surface area contributed by atoms with Crippen molar-refractivity contribution >= 4 is 29.9 Å². The fourth-order valence-corrected chi connectivity index (χ4v) is 2.45. The third-order valence-electron chi connectivity index (χ3n) is 3.57. The average Bonchev–Trinajstić information content (AvgIpc) is 2.95. The fraction of sp³-hybridized carbons (Fsp3) is 0.467. The quantitative estimate of drug-likeness (QED) is 0.891. The van der Waals surface area contributed by atoms with E-state index in [2.05, 4.69) is 10.6 Å². The molecule has 1 aromatic carbocycles. The molecule has 116 valence electrons. The topological polar surface area (TPSA) is 61.4 Å². The van der Waals surface area contributed by atoms with E-state index in [4.69, 9.17) is 0 Å². The van der Waals surface area contributed by atoms with Crippen LogP contribution < -0.4 is 10.6 Å². The Kier molecular flexibility index (Phi) is 6.65. The Morgan fingerprint density at radius 3 is 2.52 bits per heavy atom. The zero-order valence-electron chi connectivity index (χ0n) is 12.4. The molecule has 2 rings (SSSR count). The number of halogens is 1. The molecule has 5 nitrogen and oxygen atoms in total. The van der Waals surface area contributed by atoms with Gasteiger partial charge in [-0.25, -0.2) is 0 Å². The second-order valence-electron chi connectivity index (χ2n) is 5.06. The number of carbonyl (C=O) groups is 2. The third kappa shape index (κ3) is 4.19. The van der Waals surface area contributed by atoms with Crippen molar-refractivity contribution in [2.24, 2.45) is 0 Å². The fourth-order valence-electron chi connectivity index (χ4n) is 2.45. The van der Waals surface area contributed by atoms with E-state index in [0.717, 1.165) is 31.5 Å². The third-order valence-corrected chi connectivity index (χ3v) is 3.57. The number of amides is 2. The van der Waals surface area contributed by atoms with Crippen molar-refractivity contribution in [3.05, 3.63) is 29.3 Å². The first-order chi connectivity index (χ1) is 9.63. The normalized spacial score (nSPS) is 13.7. The van der Waals surface area contributed by atoms with E-state index in [1.165, 1.54) is 0 Å². The molecule has 0 spiro atoms. The molecular weight excluding hydrogens is 290 g/mol. The van der Waals surface area contributed by atoms with Gasteiger partial charge in [-0.05, 0) is 44.5 Å². The summed E-state index contributed by atoms with van der Waals surface area (Å²) >= 11 is 0. The molecule has 2 N–H and O–H groups in total. The Labute approximate surface area is 131 Å². The summed E-state index contributed by atoms with van der Waals surface area (Å²) in [6, 6.07) is 5.46. The first-order valence-corrected chi connectivity index (χ1v) is 6.97. The highest BCUT2D eigenvalue weighted by atomic mass is 35.5. The second-order valence-corrected chi connectivity index (χ2v) is 5.06. The molecule has 1 saturated heterocycles. The molecule has 0 unspecified atom stereocenters. The predicted molar refractivity (Wildman–Crippen MR) is 86.1 cm³/mol. The summed E-state index contributed by atoms with van der Waals surface area (Å²) in [5.41, 5.74) is 2.21. The van der Waals surface area contributed by atoms with E-state index in [1.807, 2.05) is 30.0 Å². The van der Waals surface area contributed by atoms with E-state index in [0.29, 0.717) is 11.3 Å². The molecule has 1 aliphatic rings. The first kappa shape index (κ1) is 17.5. The maximum absolute atomic E-state index is 12.4. The molecule has 0 aromatic heterocycles. The van der Waals surface area contributed by atoms with Gasteiger partial charge in [0.1, 0.15) is 0 Å². The number of hydrogen-bond donors (Lipinski definition) is 2. The summed E-state index contributed by atoms with van der Waals surface area (Å²) in [6.45, 7) is 3.78. The summed E-state index contributed by atoms with van der Waals surface area (Å²) < 4.78 is 0. The Balaban J connectivity index is 0.00000220. The first-order valence-electron chi connectivity index (χ1n) is 6.97. The van der Waals surface area contributed by atoms with Gasteiger partial charge in [0.25, 0.3) is 5.91 Å². The van der Waals surface area contributed by atoms with Crippen LogP contribution in [0.2, 0.25) is 0 Å². The maximum Gasteiger partial charge on any atom is 0.254 e. The van der Waals surface area contributed by atoms with Crippen LogP contribution in [0.4, 0.5) is 5.69 Å². The maximum atomic E-state index is 12.4. The Bertz CT molecular complexity index is 514. The van der Waals surface area contributed by atoms with Crippen molar-refractivity contribution < 1.29 is 9.59 Å². The van der Waals surface area contributed by atoms with Crippen LogP contribution in [0.5, 0.6) is 0 Å². The van der Waals surface area contributed by atoms with Crippen LogP contribution in [0.25, 0.3) is 0 Å². The van der Waals surface area contributed by atoms with E-state index >= 15 is 0 Å². The minimum absolute atomic E-state index is 0. The summed E-state index contributed by atoms with van der Waals surface area (Å²) in [7, 11) is 1.72. The van der Waals surface area contributed by atoms with Gasteiger partial charge in [0.05, 0.1) is 6.54 Å². The molecule has 1 aromatic rings. The number of anilines is 1. The SMILES string of the molecule is CNCC(=O)Nc1cccc(C(=O)N2CCCC2)c1C.Cl. The van der Waals surface area contributed by atoms with Gasteiger partial charge in [0.15, 0.2) is 0 Å². The van der Waals surface area contributed by atoms with Gasteiger partial charge in [0.2, 0.25) is 5.91 Å². The number of rotatable bonds is 4. The molecule has 0 radical (unpaired) electrons. The zero-order valence-corrected chi connectivity index (χ0v) is 13.3. The zero-order chi connectivity index (χ0) is 14.5. The van der Waals surface area contributed by atoms with E-state index in [1.54, 1.807) is 7.05 Å². The number of hydrogen-bond acceptors (Lipinski definition) is 3. The van der Waals surface area contributed by atoms with Crippen molar-refractivity contribution in [3.8, 4) is 0 Å². The number of carbonyl (C=O) groups excluding carboxylic acids is 2. The number of likely N-dealkylation sites (tertiary alicyclic amines) is 1. The van der Waals surface area contributed by atoms with Gasteiger partial charge in [-0.15, -0.1) is 12.4 Å². The summed E-state index contributed by atoms with van der Waals surface area (Å²) in [4.78, 5) is 25.9. The molecule has 0 aliphatic carbocycles. The van der Waals surface area contributed by atoms with Crippen LogP contribution in [0.3, 0.4) is 0 Å². The highest BCUT2D eigenvalue weighted by Gasteiger charge is 2.21. The second kappa shape index (κ2) is 8.00. The smallest absolute Gasteiger partial charge is 0.254 e. The minimum atomic E-state index is -0.110. The largest absolute Gasteiger partial charge is 0.339 e. The molecule has 0 atom stereocenters. The van der Waals surface area contributed by atoms with Gasteiger partial charge in [-0.1, -0.05) is 6.07 Å². The van der Waals surface area contributed by atoms with Crippen LogP contribution in [-0.2, 0) is 4.79 Å². The lowest BCUT2D eigenvalue weighted by Gasteiger charge is -2.18. The Morgan fingerprint density at radius 2 is 1.90 bits per heavy atom. The molecule has 2 amide bonds. The predicted octanol–water partition coefficient (Wildman–Crippen LogP) is 1.81. The highest BCUT2D eigenvalue weighted by molar-refractivity contribution is 5.99. The van der Waals surface area contributed by atoms with Gasteiger partial charge < -0.3 is 15.5 Å².